The topological polar surface area (TPSA) is 27.0 Å². The third-order valence-electron chi connectivity index (χ3n) is 3.80. The SMILES string of the molecule is CC1(C)C[C@H]2C[C@](C)(CN2/C=C/C#N)C1. The highest BCUT2D eigenvalue weighted by Gasteiger charge is 2.48. The Balaban J connectivity index is 2.17. The van der Waals surface area contributed by atoms with Crippen LogP contribution < -0.4 is 0 Å². The van der Waals surface area contributed by atoms with Crippen LogP contribution in [-0.4, -0.2) is 17.5 Å². The number of likely N-dealkylation sites (tertiary alicyclic amines) is 1. The largest absolute Gasteiger partial charge is 0.373 e. The fourth-order valence-corrected chi connectivity index (χ4v) is 3.81. The predicted molar refractivity (Wildman–Crippen MR) is 61.0 cm³/mol. The maximum absolute atomic E-state index is 8.57. The molecule has 2 atom stereocenters. The first-order valence-electron chi connectivity index (χ1n) is 5.76. The van der Waals surface area contributed by atoms with Crippen molar-refractivity contribution in [2.24, 2.45) is 10.8 Å². The van der Waals surface area contributed by atoms with Crippen LogP contribution in [-0.2, 0) is 0 Å². The average molecular weight is 204 g/mol. The van der Waals surface area contributed by atoms with Crippen LogP contribution in [0.3, 0.4) is 0 Å². The Bertz CT molecular complexity index is 324. The molecule has 0 amide bonds. The van der Waals surface area contributed by atoms with Gasteiger partial charge in [-0.2, -0.15) is 5.26 Å². The smallest absolute Gasteiger partial charge is 0.0927 e. The molecule has 0 N–H and O–H groups in total. The first kappa shape index (κ1) is 10.5. The second-order valence-corrected chi connectivity index (χ2v) is 6.33. The van der Waals surface area contributed by atoms with Gasteiger partial charge < -0.3 is 4.90 Å². The fraction of sp³-hybridized carbons (Fsp3) is 0.769. The van der Waals surface area contributed by atoms with Crippen molar-refractivity contribution in [3.63, 3.8) is 0 Å². The summed E-state index contributed by atoms with van der Waals surface area (Å²) in [7, 11) is 0. The first-order valence-corrected chi connectivity index (χ1v) is 5.76. The molecule has 2 rings (SSSR count). The maximum Gasteiger partial charge on any atom is 0.0927 e. The molecule has 0 aromatic carbocycles. The zero-order valence-corrected chi connectivity index (χ0v) is 9.95. The second kappa shape index (κ2) is 3.27. The van der Waals surface area contributed by atoms with E-state index in [1.807, 2.05) is 6.20 Å². The summed E-state index contributed by atoms with van der Waals surface area (Å²) in [6.45, 7) is 8.25. The van der Waals surface area contributed by atoms with Gasteiger partial charge in [0.15, 0.2) is 0 Å². The van der Waals surface area contributed by atoms with Crippen molar-refractivity contribution in [3.8, 4) is 6.07 Å². The molecule has 1 aliphatic carbocycles. The van der Waals surface area contributed by atoms with Gasteiger partial charge in [0.05, 0.1) is 6.07 Å². The normalized spacial score (nSPS) is 38.3. The molecule has 2 fully saturated rings. The van der Waals surface area contributed by atoms with Gasteiger partial charge in [-0.1, -0.05) is 20.8 Å². The summed E-state index contributed by atoms with van der Waals surface area (Å²) in [4.78, 5) is 2.37. The number of fused-ring (bicyclic) bond motifs is 2. The molecule has 0 radical (unpaired) electrons. The van der Waals surface area contributed by atoms with Gasteiger partial charge in [0.25, 0.3) is 0 Å². The molecule has 0 aromatic rings. The lowest BCUT2D eigenvalue weighted by Gasteiger charge is -2.39. The van der Waals surface area contributed by atoms with Gasteiger partial charge in [-0.15, -0.1) is 0 Å². The molecule has 1 saturated heterocycles. The monoisotopic (exact) mass is 204 g/mol. The fourth-order valence-electron chi connectivity index (χ4n) is 3.81. The standard InChI is InChI=1S/C13H20N2/c1-12(2)7-11-8-13(3,9-12)10-15(11)6-4-5-14/h4,6,11H,7-10H2,1-3H3/b6-4+/t11-,13-/m0/s1. The molecule has 2 aliphatic rings. The molecule has 15 heavy (non-hydrogen) atoms. The zero-order chi connectivity index (χ0) is 11.1. The van der Waals surface area contributed by atoms with E-state index in [9.17, 15) is 0 Å². The Morgan fingerprint density at radius 3 is 2.73 bits per heavy atom. The van der Waals surface area contributed by atoms with Crippen LogP contribution >= 0.6 is 0 Å². The molecule has 2 bridgehead atoms. The highest BCUT2D eigenvalue weighted by molar-refractivity contribution is 5.09. The minimum absolute atomic E-state index is 0.464. The van der Waals surface area contributed by atoms with Crippen LogP contribution in [0.2, 0.25) is 0 Å². The van der Waals surface area contributed by atoms with Crippen LogP contribution in [0.1, 0.15) is 40.0 Å². The van der Waals surface area contributed by atoms with Crippen molar-refractivity contribution in [2.75, 3.05) is 6.54 Å². The van der Waals surface area contributed by atoms with Gasteiger partial charge in [-0.05, 0) is 30.1 Å². The van der Waals surface area contributed by atoms with Crippen molar-refractivity contribution in [1.82, 2.24) is 4.90 Å². The van der Waals surface area contributed by atoms with E-state index in [1.54, 1.807) is 6.08 Å². The van der Waals surface area contributed by atoms with E-state index < -0.39 is 0 Å². The average Bonchev–Trinajstić information content (AvgIpc) is 2.31. The number of hydrogen-bond donors (Lipinski definition) is 0. The number of hydrogen-bond acceptors (Lipinski definition) is 2. The second-order valence-electron chi connectivity index (χ2n) is 6.33. The lowest BCUT2D eigenvalue weighted by molar-refractivity contribution is 0.131. The van der Waals surface area contributed by atoms with Crippen LogP contribution in [0.25, 0.3) is 0 Å². The number of nitriles is 1. The van der Waals surface area contributed by atoms with Gasteiger partial charge >= 0.3 is 0 Å². The highest BCUT2D eigenvalue weighted by Crippen LogP contribution is 2.52. The minimum Gasteiger partial charge on any atom is -0.373 e. The number of allylic oxidation sites excluding steroid dienone is 1. The maximum atomic E-state index is 8.57. The molecule has 1 saturated carbocycles. The molecule has 0 aromatic heterocycles. The Labute approximate surface area is 92.6 Å². The lowest BCUT2D eigenvalue weighted by atomic mass is 9.65. The van der Waals surface area contributed by atoms with E-state index in [2.05, 4.69) is 31.7 Å². The van der Waals surface area contributed by atoms with Gasteiger partial charge in [0, 0.05) is 24.9 Å². The van der Waals surface area contributed by atoms with Crippen molar-refractivity contribution in [3.05, 3.63) is 12.3 Å². The summed E-state index contributed by atoms with van der Waals surface area (Å²) >= 11 is 0. The summed E-state index contributed by atoms with van der Waals surface area (Å²) in [5.41, 5.74) is 0.930. The van der Waals surface area contributed by atoms with E-state index in [0.29, 0.717) is 16.9 Å². The quantitative estimate of drug-likeness (QED) is 0.614. The Hall–Kier alpha value is -0.970. The molecule has 2 nitrogen and oxygen atoms in total. The summed E-state index contributed by atoms with van der Waals surface area (Å²) in [5, 5.41) is 8.57. The molecule has 2 heteroatoms. The Morgan fingerprint density at radius 1 is 1.33 bits per heavy atom. The molecule has 1 aliphatic heterocycles. The molecular weight excluding hydrogens is 184 g/mol. The van der Waals surface area contributed by atoms with Gasteiger partial charge in [-0.25, -0.2) is 0 Å². The molecule has 1 heterocycles. The summed E-state index contributed by atoms with van der Waals surface area (Å²) < 4.78 is 0. The Kier molecular flexibility index (Phi) is 2.30. The first-order chi connectivity index (χ1) is 6.94. The van der Waals surface area contributed by atoms with E-state index in [4.69, 9.17) is 5.26 Å². The van der Waals surface area contributed by atoms with Crippen molar-refractivity contribution in [1.29, 1.82) is 5.26 Å². The summed E-state index contributed by atoms with van der Waals surface area (Å²) in [5.74, 6) is 0. The third kappa shape index (κ3) is 2.02. The van der Waals surface area contributed by atoms with Crippen molar-refractivity contribution in [2.45, 2.75) is 46.1 Å². The summed E-state index contributed by atoms with van der Waals surface area (Å²) in [6, 6.07) is 2.74. The minimum atomic E-state index is 0.464. The molecule has 82 valence electrons. The zero-order valence-electron chi connectivity index (χ0n) is 9.95. The van der Waals surface area contributed by atoms with Crippen LogP contribution in [0.15, 0.2) is 12.3 Å². The number of nitrogens with zero attached hydrogens (tertiary/aromatic N) is 2. The van der Waals surface area contributed by atoms with Gasteiger partial charge in [0.2, 0.25) is 0 Å². The highest BCUT2D eigenvalue weighted by atomic mass is 15.2. The third-order valence-corrected chi connectivity index (χ3v) is 3.80. The van der Waals surface area contributed by atoms with Crippen LogP contribution in [0.4, 0.5) is 0 Å². The molecule has 0 unspecified atom stereocenters. The Morgan fingerprint density at radius 2 is 2.07 bits per heavy atom. The van der Waals surface area contributed by atoms with Crippen LogP contribution in [0.5, 0.6) is 0 Å². The van der Waals surface area contributed by atoms with Crippen LogP contribution in [0, 0.1) is 22.2 Å². The van der Waals surface area contributed by atoms with E-state index in [1.165, 1.54) is 19.3 Å². The number of rotatable bonds is 1. The summed E-state index contributed by atoms with van der Waals surface area (Å²) in [6.07, 6.45) is 7.46. The van der Waals surface area contributed by atoms with Gasteiger partial charge in [-0.3, -0.25) is 0 Å². The predicted octanol–water partition coefficient (Wildman–Crippen LogP) is 2.92. The van der Waals surface area contributed by atoms with Gasteiger partial charge in [0.1, 0.15) is 0 Å². The van der Waals surface area contributed by atoms with E-state index in [-0.39, 0.29) is 0 Å². The van der Waals surface area contributed by atoms with Crippen molar-refractivity contribution < 1.29 is 0 Å². The van der Waals surface area contributed by atoms with E-state index >= 15 is 0 Å². The molecular formula is C13H20N2. The van der Waals surface area contributed by atoms with E-state index in [0.717, 1.165) is 6.54 Å². The lowest BCUT2D eigenvalue weighted by Crippen LogP contribution is -2.33. The van der Waals surface area contributed by atoms with Crippen molar-refractivity contribution >= 4 is 0 Å². The molecule has 0 spiro atoms.